The highest BCUT2D eigenvalue weighted by Gasteiger charge is 2.34. The summed E-state index contributed by atoms with van der Waals surface area (Å²) in [6.07, 6.45) is 1.68. The molecule has 0 atom stereocenters. The molecule has 2 heterocycles. The first-order valence-electron chi connectivity index (χ1n) is 8.63. The van der Waals surface area contributed by atoms with Crippen molar-refractivity contribution in [3.63, 3.8) is 0 Å². The van der Waals surface area contributed by atoms with Gasteiger partial charge in [0.25, 0.3) is 5.91 Å². The highest BCUT2D eigenvalue weighted by molar-refractivity contribution is 9.10. The summed E-state index contributed by atoms with van der Waals surface area (Å²) in [5.41, 5.74) is 1.22. The molecule has 2 aromatic carbocycles. The van der Waals surface area contributed by atoms with Crippen LogP contribution in [0.4, 0.5) is 5.69 Å². The summed E-state index contributed by atoms with van der Waals surface area (Å²) in [6, 6.07) is 10.5. The summed E-state index contributed by atoms with van der Waals surface area (Å²) in [7, 11) is 1.29. The molecule has 1 saturated heterocycles. The van der Waals surface area contributed by atoms with Gasteiger partial charge >= 0.3 is 5.97 Å². The lowest BCUT2D eigenvalue weighted by Crippen LogP contribution is -2.27. The molecular weight excluding hydrogens is 494 g/mol. The molecule has 0 aliphatic carbocycles. The van der Waals surface area contributed by atoms with Crippen LogP contribution in [0, 0.1) is 0 Å². The van der Waals surface area contributed by atoms with E-state index in [1.165, 1.54) is 23.8 Å². The summed E-state index contributed by atoms with van der Waals surface area (Å²) in [5, 5.41) is 0. The van der Waals surface area contributed by atoms with E-state index >= 15 is 0 Å². The van der Waals surface area contributed by atoms with Gasteiger partial charge in [-0.2, -0.15) is 0 Å². The van der Waals surface area contributed by atoms with Crippen molar-refractivity contribution < 1.29 is 28.5 Å². The van der Waals surface area contributed by atoms with E-state index < -0.39 is 5.97 Å². The van der Waals surface area contributed by atoms with Gasteiger partial charge in [0.15, 0.2) is 22.4 Å². The number of carbonyl (C=O) groups is 2. The van der Waals surface area contributed by atoms with Crippen LogP contribution < -0.4 is 19.1 Å². The quantitative estimate of drug-likeness (QED) is 0.339. The second kappa shape index (κ2) is 8.66. The number of ether oxygens (including phenoxy) is 4. The molecule has 10 heteroatoms. The smallest absolute Gasteiger partial charge is 0.343 e. The number of carbonyl (C=O) groups excluding carboxylic acids is 2. The van der Waals surface area contributed by atoms with Crippen LogP contribution in [0.3, 0.4) is 0 Å². The van der Waals surface area contributed by atoms with Crippen molar-refractivity contribution in [3.05, 3.63) is 51.3 Å². The molecule has 0 aromatic heterocycles. The number of halogens is 1. The van der Waals surface area contributed by atoms with Gasteiger partial charge in [0.05, 0.1) is 17.7 Å². The zero-order chi connectivity index (χ0) is 21.3. The minimum Gasteiger partial charge on any atom is -0.481 e. The third-order valence-corrected chi connectivity index (χ3v) is 6.04. The molecule has 0 radical (unpaired) electrons. The third kappa shape index (κ3) is 4.16. The number of methoxy groups -OCH3 is 1. The third-order valence-electron chi connectivity index (χ3n) is 4.24. The molecule has 0 saturated carbocycles. The zero-order valence-electron chi connectivity index (χ0n) is 15.5. The monoisotopic (exact) mass is 507 g/mol. The van der Waals surface area contributed by atoms with Crippen LogP contribution in [-0.4, -0.2) is 36.7 Å². The molecule has 1 amide bonds. The first-order valence-corrected chi connectivity index (χ1v) is 10.6. The van der Waals surface area contributed by atoms with Crippen molar-refractivity contribution >= 4 is 67.9 Å². The molecule has 1 fully saturated rings. The van der Waals surface area contributed by atoms with Gasteiger partial charge in [-0.15, -0.1) is 0 Å². The first-order chi connectivity index (χ1) is 14.5. The molecule has 0 bridgehead atoms. The van der Waals surface area contributed by atoms with Gasteiger partial charge in [-0.05, 0) is 36.4 Å². The number of anilines is 1. The van der Waals surface area contributed by atoms with Crippen molar-refractivity contribution in [2.75, 3.05) is 25.4 Å². The van der Waals surface area contributed by atoms with Gasteiger partial charge < -0.3 is 18.9 Å². The molecule has 2 aromatic rings. The SMILES string of the molecule is COC(=O)COc1ccc(Br)cc1/C=C1/SC(=S)N(c2ccc3c(c2)OCO3)C1=O. The maximum atomic E-state index is 13.1. The fourth-order valence-corrected chi connectivity index (χ4v) is 4.48. The highest BCUT2D eigenvalue weighted by atomic mass is 79.9. The maximum Gasteiger partial charge on any atom is 0.343 e. The van der Waals surface area contributed by atoms with Crippen LogP contribution in [0.15, 0.2) is 45.8 Å². The highest BCUT2D eigenvalue weighted by Crippen LogP contribution is 2.41. The molecule has 2 aliphatic rings. The average Bonchev–Trinajstić information content (AvgIpc) is 3.30. The maximum absolute atomic E-state index is 13.1. The van der Waals surface area contributed by atoms with Crippen LogP contribution in [0.1, 0.15) is 5.56 Å². The first kappa shape index (κ1) is 20.7. The Kier molecular flexibility index (Phi) is 5.98. The summed E-state index contributed by atoms with van der Waals surface area (Å²) in [6.45, 7) is -0.0918. The van der Waals surface area contributed by atoms with Crippen molar-refractivity contribution in [2.24, 2.45) is 0 Å². The van der Waals surface area contributed by atoms with Crippen LogP contribution in [0.25, 0.3) is 6.08 Å². The normalized spacial score (nSPS) is 16.3. The van der Waals surface area contributed by atoms with Crippen molar-refractivity contribution in [2.45, 2.75) is 0 Å². The van der Waals surface area contributed by atoms with Crippen LogP contribution in [0.2, 0.25) is 0 Å². The second-order valence-electron chi connectivity index (χ2n) is 6.10. The molecule has 154 valence electrons. The number of esters is 1. The summed E-state index contributed by atoms with van der Waals surface area (Å²) < 4.78 is 22.1. The van der Waals surface area contributed by atoms with Crippen molar-refractivity contribution in [1.82, 2.24) is 0 Å². The lowest BCUT2D eigenvalue weighted by molar-refractivity contribution is -0.142. The Hall–Kier alpha value is -2.56. The number of rotatable bonds is 5. The molecule has 0 unspecified atom stereocenters. The molecule has 2 aliphatic heterocycles. The number of benzene rings is 2. The van der Waals surface area contributed by atoms with E-state index in [2.05, 4.69) is 20.7 Å². The zero-order valence-corrected chi connectivity index (χ0v) is 18.8. The largest absolute Gasteiger partial charge is 0.481 e. The number of hydrogen-bond acceptors (Lipinski definition) is 8. The van der Waals surface area contributed by atoms with Crippen LogP contribution in [-0.2, 0) is 14.3 Å². The van der Waals surface area contributed by atoms with Gasteiger partial charge in [-0.3, -0.25) is 9.69 Å². The Balaban J connectivity index is 1.62. The Labute approximate surface area is 190 Å². The Morgan fingerprint density at radius 2 is 2.07 bits per heavy atom. The summed E-state index contributed by atoms with van der Waals surface area (Å²) in [4.78, 5) is 26.4. The Morgan fingerprint density at radius 1 is 1.27 bits per heavy atom. The predicted octanol–water partition coefficient (Wildman–Crippen LogP) is 4.14. The topological polar surface area (TPSA) is 74.3 Å². The number of hydrogen-bond donors (Lipinski definition) is 0. The van der Waals surface area contributed by atoms with Gasteiger partial charge in [0.2, 0.25) is 6.79 Å². The number of thioether (sulfide) groups is 1. The molecule has 0 spiro atoms. The van der Waals surface area contributed by atoms with Crippen molar-refractivity contribution in [3.8, 4) is 17.2 Å². The number of amides is 1. The number of fused-ring (bicyclic) bond motifs is 1. The lowest BCUT2D eigenvalue weighted by Gasteiger charge is -2.15. The summed E-state index contributed by atoms with van der Waals surface area (Å²) in [5.74, 6) is 0.870. The van der Waals surface area contributed by atoms with E-state index in [0.717, 1.165) is 4.47 Å². The number of thiocarbonyl (C=S) groups is 1. The van der Waals surface area contributed by atoms with Gasteiger partial charge in [0.1, 0.15) is 5.75 Å². The van der Waals surface area contributed by atoms with E-state index in [-0.39, 0.29) is 19.3 Å². The average molecular weight is 508 g/mol. The van der Waals surface area contributed by atoms with Gasteiger partial charge in [-0.1, -0.05) is 39.9 Å². The molecule has 30 heavy (non-hydrogen) atoms. The molecule has 0 N–H and O–H groups in total. The predicted molar refractivity (Wildman–Crippen MR) is 120 cm³/mol. The van der Waals surface area contributed by atoms with Gasteiger partial charge in [0, 0.05) is 16.1 Å². The number of nitrogens with zero attached hydrogens (tertiary/aromatic N) is 1. The van der Waals surface area contributed by atoms with Crippen LogP contribution in [0.5, 0.6) is 17.2 Å². The van der Waals surface area contributed by atoms with E-state index in [9.17, 15) is 9.59 Å². The second-order valence-corrected chi connectivity index (χ2v) is 8.69. The van der Waals surface area contributed by atoms with Gasteiger partial charge in [-0.25, -0.2) is 4.79 Å². The fourth-order valence-electron chi connectivity index (χ4n) is 2.82. The fraction of sp³-hybridized carbons (Fsp3) is 0.150. The van der Waals surface area contributed by atoms with E-state index in [1.54, 1.807) is 42.5 Å². The standard InChI is InChI=1S/C20H14BrNO6S2/c1-25-18(23)9-26-14-4-2-12(21)6-11(14)7-17-19(24)22(20(29)30-17)13-3-5-15-16(8-13)28-10-27-15/h2-8H,9-10H2,1H3/b17-7+. The van der Waals surface area contributed by atoms with E-state index in [1.807, 2.05) is 0 Å². The van der Waals surface area contributed by atoms with Crippen LogP contribution >= 0.6 is 39.9 Å². The molecule has 4 rings (SSSR count). The van der Waals surface area contributed by atoms with Crippen molar-refractivity contribution in [1.29, 1.82) is 0 Å². The molecule has 7 nitrogen and oxygen atoms in total. The molecular formula is C20H14BrNO6S2. The Morgan fingerprint density at radius 3 is 2.87 bits per heavy atom. The minimum absolute atomic E-state index is 0.147. The Bertz CT molecular complexity index is 1090. The summed E-state index contributed by atoms with van der Waals surface area (Å²) >= 11 is 10.0. The van der Waals surface area contributed by atoms with E-state index in [0.29, 0.717) is 37.7 Å². The van der Waals surface area contributed by atoms with E-state index in [4.69, 9.17) is 26.4 Å². The lowest BCUT2D eigenvalue weighted by atomic mass is 10.2. The minimum atomic E-state index is -0.502.